The molecule has 2 aromatic carbocycles. The van der Waals surface area contributed by atoms with Crippen molar-refractivity contribution in [1.29, 1.82) is 0 Å². The summed E-state index contributed by atoms with van der Waals surface area (Å²) in [5.74, 6) is 6.27. The zero-order chi connectivity index (χ0) is 19.4. The number of carbonyl (C=O) groups excluding carboxylic acids is 1. The van der Waals surface area contributed by atoms with Gasteiger partial charge in [-0.05, 0) is 55.3 Å². The molecule has 0 saturated carbocycles. The van der Waals surface area contributed by atoms with Crippen LogP contribution in [0, 0.1) is 13.8 Å². The van der Waals surface area contributed by atoms with Crippen LogP contribution in [0.15, 0.2) is 54.9 Å². The fraction of sp³-hybridized carbons (Fsp3) is 0.200. The summed E-state index contributed by atoms with van der Waals surface area (Å²) in [5, 5.41) is 8.04. The predicted molar refractivity (Wildman–Crippen MR) is 105 cm³/mol. The van der Waals surface area contributed by atoms with E-state index < -0.39 is 0 Å². The van der Waals surface area contributed by atoms with E-state index >= 15 is 0 Å². The van der Waals surface area contributed by atoms with Crippen molar-refractivity contribution in [3.8, 4) is 11.4 Å². The molecule has 0 spiro atoms. The first-order valence-electron chi connectivity index (χ1n) is 8.57. The van der Waals surface area contributed by atoms with E-state index in [-0.39, 0.29) is 6.03 Å². The van der Waals surface area contributed by atoms with E-state index in [1.165, 1.54) is 7.05 Å². The van der Waals surface area contributed by atoms with E-state index in [9.17, 15) is 4.79 Å². The number of hydrogen-bond donors (Lipinski definition) is 2. The van der Waals surface area contributed by atoms with Crippen molar-refractivity contribution in [3.63, 3.8) is 0 Å². The van der Waals surface area contributed by atoms with Gasteiger partial charge in [-0.15, -0.1) is 0 Å². The van der Waals surface area contributed by atoms with E-state index in [4.69, 9.17) is 10.6 Å². The Hall–Kier alpha value is -3.32. The number of urea groups is 1. The first-order chi connectivity index (χ1) is 13.0. The number of aromatic nitrogens is 2. The predicted octanol–water partition coefficient (Wildman–Crippen LogP) is 3.41. The lowest BCUT2D eigenvalue weighted by atomic mass is 10.1. The number of hydrogen-bond acceptors (Lipinski definition) is 4. The summed E-state index contributed by atoms with van der Waals surface area (Å²) in [4.78, 5) is 11.9. The number of aryl methyl sites for hydroxylation is 2. The van der Waals surface area contributed by atoms with Crippen molar-refractivity contribution in [2.75, 3.05) is 12.4 Å². The molecule has 7 nitrogen and oxygen atoms in total. The standard InChI is InChI=1S/C20H23N5O2/c1-14-6-4-7-18(23-20(26)24(3)21)17(14)13-27-19-9-8-16(12-15(19)2)25-11-5-10-22-25/h4-12H,13,21H2,1-3H3,(H,23,26). The monoisotopic (exact) mass is 365 g/mol. The first-order valence-corrected chi connectivity index (χ1v) is 8.57. The summed E-state index contributed by atoms with van der Waals surface area (Å²) in [6.07, 6.45) is 3.64. The average molecular weight is 365 g/mol. The maximum atomic E-state index is 11.9. The van der Waals surface area contributed by atoms with Gasteiger partial charge in [0.1, 0.15) is 12.4 Å². The number of hydrazine groups is 1. The summed E-state index contributed by atoms with van der Waals surface area (Å²) < 4.78 is 7.83. The lowest BCUT2D eigenvalue weighted by Crippen LogP contribution is -2.37. The largest absolute Gasteiger partial charge is 0.489 e. The number of nitrogens with one attached hydrogen (secondary N) is 1. The third-order valence-electron chi connectivity index (χ3n) is 4.27. The van der Waals surface area contributed by atoms with Crippen LogP contribution >= 0.6 is 0 Å². The lowest BCUT2D eigenvalue weighted by molar-refractivity contribution is 0.223. The Bertz CT molecular complexity index is 936. The van der Waals surface area contributed by atoms with Crippen LogP contribution < -0.4 is 15.9 Å². The van der Waals surface area contributed by atoms with Crippen LogP contribution in [0.4, 0.5) is 10.5 Å². The molecule has 3 N–H and O–H groups in total. The van der Waals surface area contributed by atoms with Gasteiger partial charge in [-0.1, -0.05) is 12.1 Å². The van der Waals surface area contributed by atoms with Gasteiger partial charge in [-0.2, -0.15) is 5.10 Å². The molecule has 0 bridgehead atoms. The second-order valence-electron chi connectivity index (χ2n) is 6.33. The topological polar surface area (TPSA) is 85.4 Å². The molecule has 3 rings (SSSR count). The van der Waals surface area contributed by atoms with Crippen molar-refractivity contribution in [3.05, 3.63) is 71.5 Å². The zero-order valence-electron chi connectivity index (χ0n) is 15.6. The lowest BCUT2D eigenvalue weighted by Gasteiger charge is -2.17. The highest BCUT2D eigenvalue weighted by atomic mass is 16.5. The summed E-state index contributed by atoms with van der Waals surface area (Å²) in [6.45, 7) is 4.30. The molecule has 0 unspecified atom stereocenters. The van der Waals surface area contributed by atoms with Gasteiger partial charge >= 0.3 is 6.03 Å². The molecular weight excluding hydrogens is 342 g/mol. The molecule has 140 valence electrons. The van der Waals surface area contributed by atoms with Crippen LogP contribution in [0.25, 0.3) is 5.69 Å². The minimum absolute atomic E-state index is 0.332. The van der Waals surface area contributed by atoms with Crippen molar-refractivity contribution in [2.24, 2.45) is 5.84 Å². The van der Waals surface area contributed by atoms with Gasteiger partial charge in [-0.3, -0.25) is 5.01 Å². The number of rotatable bonds is 5. The molecule has 0 atom stereocenters. The van der Waals surface area contributed by atoms with Gasteiger partial charge in [0.05, 0.1) is 5.69 Å². The van der Waals surface area contributed by atoms with Crippen LogP contribution in [-0.2, 0) is 6.61 Å². The van der Waals surface area contributed by atoms with Crippen LogP contribution in [0.2, 0.25) is 0 Å². The minimum Gasteiger partial charge on any atom is -0.489 e. The van der Waals surface area contributed by atoms with Crippen LogP contribution in [0.3, 0.4) is 0 Å². The smallest absolute Gasteiger partial charge is 0.335 e. The van der Waals surface area contributed by atoms with Gasteiger partial charge in [0.25, 0.3) is 0 Å². The van der Waals surface area contributed by atoms with Gasteiger partial charge in [0.15, 0.2) is 0 Å². The molecular formula is C20H23N5O2. The van der Waals surface area contributed by atoms with E-state index in [1.54, 1.807) is 10.9 Å². The van der Waals surface area contributed by atoms with Gasteiger partial charge in [0, 0.05) is 30.7 Å². The Morgan fingerprint density at radius 2 is 2.04 bits per heavy atom. The SMILES string of the molecule is Cc1cc(-n2cccn2)ccc1OCc1c(C)cccc1NC(=O)N(C)N. The Balaban J connectivity index is 1.78. The molecule has 27 heavy (non-hydrogen) atoms. The Labute approximate surface area is 158 Å². The second-order valence-corrected chi connectivity index (χ2v) is 6.33. The third kappa shape index (κ3) is 4.27. The van der Waals surface area contributed by atoms with Crippen molar-refractivity contribution < 1.29 is 9.53 Å². The minimum atomic E-state index is -0.387. The molecule has 2 amide bonds. The average Bonchev–Trinajstić information content (AvgIpc) is 3.16. The van der Waals surface area contributed by atoms with Crippen molar-refractivity contribution >= 4 is 11.7 Å². The van der Waals surface area contributed by atoms with Crippen LogP contribution in [0.1, 0.15) is 16.7 Å². The van der Waals surface area contributed by atoms with E-state index in [1.807, 2.05) is 62.5 Å². The molecule has 7 heteroatoms. The molecule has 1 heterocycles. The molecule has 0 aliphatic rings. The highest BCUT2D eigenvalue weighted by Crippen LogP contribution is 2.25. The normalized spacial score (nSPS) is 10.5. The fourth-order valence-electron chi connectivity index (χ4n) is 2.72. The quantitative estimate of drug-likeness (QED) is 0.412. The number of anilines is 1. The molecule has 0 aliphatic heterocycles. The number of nitrogens with two attached hydrogens (primary N) is 1. The fourth-order valence-corrected chi connectivity index (χ4v) is 2.72. The second kappa shape index (κ2) is 7.92. The maximum Gasteiger partial charge on any atom is 0.335 e. The highest BCUT2D eigenvalue weighted by Gasteiger charge is 2.12. The maximum absolute atomic E-state index is 11.9. The highest BCUT2D eigenvalue weighted by molar-refractivity contribution is 5.89. The van der Waals surface area contributed by atoms with Crippen molar-refractivity contribution in [2.45, 2.75) is 20.5 Å². The number of amides is 2. The molecule has 0 radical (unpaired) electrons. The van der Waals surface area contributed by atoms with Crippen LogP contribution in [0.5, 0.6) is 5.75 Å². The van der Waals surface area contributed by atoms with Crippen molar-refractivity contribution in [1.82, 2.24) is 14.8 Å². The van der Waals surface area contributed by atoms with Gasteiger partial charge in [-0.25, -0.2) is 15.3 Å². The van der Waals surface area contributed by atoms with E-state index in [0.29, 0.717) is 12.3 Å². The van der Waals surface area contributed by atoms with Gasteiger partial charge < -0.3 is 10.1 Å². The molecule has 3 aromatic rings. The number of nitrogens with zero attached hydrogens (tertiary/aromatic N) is 3. The molecule has 0 saturated heterocycles. The summed E-state index contributed by atoms with van der Waals surface area (Å²) in [5.41, 5.74) is 4.59. The van der Waals surface area contributed by atoms with E-state index in [2.05, 4.69) is 10.4 Å². The number of ether oxygens (including phenoxy) is 1. The Kier molecular flexibility index (Phi) is 5.42. The molecule has 1 aromatic heterocycles. The summed E-state index contributed by atoms with van der Waals surface area (Å²) >= 11 is 0. The van der Waals surface area contributed by atoms with E-state index in [0.717, 1.165) is 33.1 Å². The summed E-state index contributed by atoms with van der Waals surface area (Å²) in [6, 6.07) is 13.1. The molecule has 0 fully saturated rings. The third-order valence-corrected chi connectivity index (χ3v) is 4.27. The number of carbonyl (C=O) groups is 1. The zero-order valence-corrected chi connectivity index (χ0v) is 15.6. The summed E-state index contributed by atoms with van der Waals surface area (Å²) in [7, 11) is 1.49. The number of benzene rings is 2. The molecule has 0 aliphatic carbocycles. The Morgan fingerprint density at radius 1 is 1.22 bits per heavy atom. The van der Waals surface area contributed by atoms with Gasteiger partial charge in [0.2, 0.25) is 0 Å². The Morgan fingerprint density at radius 3 is 2.70 bits per heavy atom. The van der Waals surface area contributed by atoms with Crippen LogP contribution in [-0.4, -0.2) is 27.9 Å². The first kappa shape index (κ1) is 18.5.